The highest BCUT2D eigenvalue weighted by atomic mass is 79.9. The molecule has 0 aromatic heterocycles. The highest BCUT2D eigenvalue weighted by Gasteiger charge is 2.02. The highest BCUT2D eigenvalue weighted by molar-refractivity contribution is 9.10. The van der Waals surface area contributed by atoms with Crippen molar-refractivity contribution >= 4 is 38.1 Å². The summed E-state index contributed by atoms with van der Waals surface area (Å²) in [6.45, 7) is 0.691. The lowest BCUT2D eigenvalue weighted by Gasteiger charge is -2.08. The maximum atomic E-state index is 10.3. The third-order valence-electron chi connectivity index (χ3n) is 1.85. The molecule has 1 aromatic rings. The summed E-state index contributed by atoms with van der Waals surface area (Å²) in [4.78, 5) is 10.3. The fraction of sp³-hybridized carbons (Fsp3) is 0.364. The molecule has 0 radical (unpaired) electrons. The molecule has 4 heteroatoms. The Morgan fingerprint density at radius 1 is 1.40 bits per heavy atom. The minimum Gasteiger partial charge on any atom is -0.492 e. The second-order valence-corrected chi connectivity index (χ2v) is 4.67. The molecule has 15 heavy (non-hydrogen) atoms. The van der Waals surface area contributed by atoms with Crippen LogP contribution in [-0.2, 0) is 11.2 Å². The number of hydrogen-bond acceptors (Lipinski definition) is 2. The van der Waals surface area contributed by atoms with Gasteiger partial charge in [0, 0.05) is 11.8 Å². The predicted octanol–water partition coefficient (Wildman–Crippen LogP) is 3.35. The molecule has 0 unspecified atom stereocenters. The maximum Gasteiger partial charge on any atom is 0.133 e. The summed E-state index contributed by atoms with van der Waals surface area (Å²) in [6.07, 6.45) is 2.32. The Hall–Kier alpha value is -0.350. The average Bonchev–Trinajstić information content (AvgIpc) is 2.22. The molecule has 0 aliphatic heterocycles. The number of carbonyl (C=O) groups is 1. The Morgan fingerprint density at radius 2 is 2.20 bits per heavy atom. The van der Waals surface area contributed by atoms with Crippen molar-refractivity contribution in [3.05, 3.63) is 28.2 Å². The number of carbonyl (C=O) groups excluding carboxylic acids is 1. The van der Waals surface area contributed by atoms with Gasteiger partial charge in [-0.25, -0.2) is 0 Å². The molecule has 0 fully saturated rings. The lowest BCUT2D eigenvalue weighted by molar-refractivity contribution is -0.107. The molecule has 0 N–H and O–H groups in total. The molecule has 0 atom stereocenters. The number of alkyl halides is 1. The molecule has 0 aliphatic carbocycles. The normalized spacial score (nSPS) is 10.0. The van der Waals surface area contributed by atoms with Gasteiger partial charge in [0.25, 0.3) is 0 Å². The second-order valence-electron chi connectivity index (χ2n) is 3.03. The minimum absolute atomic E-state index is 0.445. The van der Waals surface area contributed by atoms with E-state index in [2.05, 4.69) is 31.9 Å². The van der Waals surface area contributed by atoms with Crippen LogP contribution in [0.2, 0.25) is 0 Å². The zero-order chi connectivity index (χ0) is 11.1. The number of rotatable bonds is 6. The van der Waals surface area contributed by atoms with Crippen molar-refractivity contribution in [2.45, 2.75) is 12.8 Å². The molecule has 1 rings (SSSR count). The van der Waals surface area contributed by atoms with E-state index >= 15 is 0 Å². The molecule has 0 saturated carbocycles. The van der Waals surface area contributed by atoms with E-state index in [1.807, 2.05) is 18.2 Å². The van der Waals surface area contributed by atoms with Crippen LogP contribution in [0.25, 0.3) is 0 Å². The topological polar surface area (TPSA) is 26.3 Å². The molecular weight excluding hydrogens is 324 g/mol. The van der Waals surface area contributed by atoms with Crippen LogP contribution < -0.4 is 4.74 Å². The van der Waals surface area contributed by atoms with Crippen LogP contribution in [0.4, 0.5) is 0 Å². The van der Waals surface area contributed by atoms with Crippen LogP contribution in [0.15, 0.2) is 22.7 Å². The standard InChI is InChI=1S/C11H12Br2O2/c12-5-1-7-15-11-3-2-9(4-6-14)8-10(11)13/h2-3,6,8H,1,4-5,7H2. The van der Waals surface area contributed by atoms with Crippen LogP contribution in [0, 0.1) is 0 Å². The quantitative estimate of drug-likeness (QED) is 0.452. The van der Waals surface area contributed by atoms with Gasteiger partial charge < -0.3 is 9.53 Å². The van der Waals surface area contributed by atoms with Crippen molar-refractivity contribution in [1.29, 1.82) is 0 Å². The number of aldehydes is 1. The van der Waals surface area contributed by atoms with Gasteiger partial charge in [0.05, 0.1) is 11.1 Å². The lowest BCUT2D eigenvalue weighted by Crippen LogP contribution is -1.98. The van der Waals surface area contributed by atoms with Crippen LogP contribution >= 0.6 is 31.9 Å². The van der Waals surface area contributed by atoms with Gasteiger partial charge in [-0.3, -0.25) is 0 Å². The van der Waals surface area contributed by atoms with E-state index < -0.39 is 0 Å². The van der Waals surface area contributed by atoms with Crippen molar-refractivity contribution in [3.63, 3.8) is 0 Å². The molecule has 2 nitrogen and oxygen atoms in total. The van der Waals surface area contributed by atoms with E-state index in [1.54, 1.807) is 0 Å². The van der Waals surface area contributed by atoms with Crippen LogP contribution in [-0.4, -0.2) is 18.2 Å². The number of ether oxygens (including phenoxy) is 1. The number of hydrogen-bond donors (Lipinski definition) is 0. The van der Waals surface area contributed by atoms with E-state index in [0.29, 0.717) is 13.0 Å². The number of benzene rings is 1. The highest BCUT2D eigenvalue weighted by Crippen LogP contribution is 2.26. The fourth-order valence-corrected chi connectivity index (χ4v) is 1.89. The monoisotopic (exact) mass is 334 g/mol. The van der Waals surface area contributed by atoms with Gasteiger partial charge >= 0.3 is 0 Å². The Balaban J connectivity index is 2.61. The largest absolute Gasteiger partial charge is 0.492 e. The lowest BCUT2D eigenvalue weighted by atomic mass is 10.2. The van der Waals surface area contributed by atoms with E-state index in [-0.39, 0.29) is 0 Å². The summed E-state index contributed by atoms with van der Waals surface area (Å²) in [5.74, 6) is 0.825. The summed E-state index contributed by atoms with van der Waals surface area (Å²) in [5, 5.41) is 0.938. The smallest absolute Gasteiger partial charge is 0.133 e. The maximum absolute atomic E-state index is 10.3. The molecule has 0 heterocycles. The zero-order valence-corrected chi connectivity index (χ0v) is 11.4. The second kappa shape index (κ2) is 7.01. The first-order valence-corrected chi connectivity index (χ1v) is 6.60. The molecular formula is C11H12Br2O2. The van der Waals surface area contributed by atoms with Crippen LogP contribution in [0.1, 0.15) is 12.0 Å². The SMILES string of the molecule is O=CCc1ccc(OCCCBr)c(Br)c1. The Kier molecular flexibility index (Phi) is 5.95. The minimum atomic E-state index is 0.445. The first-order valence-electron chi connectivity index (χ1n) is 4.68. The van der Waals surface area contributed by atoms with Crippen molar-refractivity contribution in [1.82, 2.24) is 0 Å². The summed E-state index contributed by atoms with van der Waals surface area (Å²) in [7, 11) is 0. The molecule has 82 valence electrons. The molecule has 0 saturated heterocycles. The first-order chi connectivity index (χ1) is 7.27. The molecule has 1 aromatic carbocycles. The van der Waals surface area contributed by atoms with Gasteiger partial charge in [0.15, 0.2) is 0 Å². The van der Waals surface area contributed by atoms with Crippen molar-refractivity contribution in [2.75, 3.05) is 11.9 Å². The van der Waals surface area contributed by atoms with Crippen molar-refractivity contribution in [3.8, 4) is 5.75 Å². The zero-order valence-electron chi connectivity index (χ0n) is 8.21. The van der Waals surface area contributed by atoms with Crippen molar-refractivity contribution in [2.24, 2.45) is 0 Å². The van der Waals surface area contributed by atoms with E-state index in [4.69, 9.17) is 4.74 Å². The molecule has 0 spiro atoms. The Bertz CT molecular complexity index is 326. The summed E-state index contributed by atoms with van der Waals surface area (Å²) in [6, 6.07) is 5.71. The fourth-order valence-electron chi connectivity index (χ4n) is 1.12. The molecule has 0 bridgehead atoms. The third kappa shape index (κ3) is 4.34. The van der Waals surface area contributed by atoms with E-state index in [1.165, 1.54) is 0 Å². The number of halogens is 2. The van der Waals surface area contributed by atoms with E-state index in [0.717, 1.165) is 33.8 Å². The van der Waals surface area contributed by atoms with Crippen molar-refractivity contribution < 1.29 is 9.53 Å². The van der Waals surface area contributed by atoms with Gasteiger partial charge in [-0.1, -0.05) is 22.0 Å². The van der Waals surface area contributed by atoms with Gasteiger partial charge in [-0.2, -0.15) is 0 Å². The predicted molar refractivity (Wildman–Crippen MR) is 67.8 cm³/mol. The van der Waals surface area contributed by atoms with Gasteiger partial charge in [-0.15, -0.1) is 0 Å². The van der Waals surface area contributed by atoms with Gasteiger partial charge in [0.1, 0.15) is 12.0 Å². The summed E-state index contributed by atoms with van der Waals surface area (Å²) < 4.78 is 6.44. The van der Waals surface area contributed by atoms with Crippen LogP contribution in [0.5, 0.6) is 5.75 Å². The third-order valence-corrected chi connectivity index (χ3v) is 3.03. The van der Waals surface area contributed by atoms with Crippen LogP contribution in [0.3, 0.4) is 0 Å². The summed E-state index contributed by atoms with van der Waals surface area (Å²) in [5.41, 5.74) is 0.990. The first kappa shape index (κ1) is 12.7. The Labute approximate surface area is 106 Å². The van der Waals surface area contributed by atoms with Gasteiger partial charge in [-0.05, 0) is 40.0 Å². The van der Waals surface area contributed by atoms with E-state index in [9.17, 15) is 4.79 Å². The Morgan fingerprint density at radius 3 is 2.80 bits per heavy atom. The molecule has 0 aliphatic rings. The average molecular weight is 336 g/mol. The van der Waals surface area contributed by atoms with Gasteiger partial charge in [0.2, 0.25) is 0 Å². The molecule has 0 amide bonds. The summed E-state index contributed by atoms with van der Waals surface area (Å²) >= 11 is 6.76.